The van der Waals surface area contributed by atoms with Gasteiger partial charge in [-0.05, 0) is 53.4 Å². The molecule has 2 rings (SSSR count). The third-order valence-corrected chi connectivity index (χ3v) is 3.89. The SMILES string of the molecule is NC1CCC(C(=O)Nc2ccc(OC(F)(F)F)c(Br)c2)C1. The molecule has 1 saturated carbocycles. The molecule has 2 unspecified atom stereocenters. The predicted molar refractivity (Wildman–Crippen MR) is 74.8 cm³/mol. The van der Waals surface area contributed by atoms with E-state index in [2.05, 4.69) is 26.0 Å². The van der Waals surface area contributed by atoms with Crippen LogP contribution in [-0.2, 0) is 4.79 Å². The number of ether oxygens (including phenoxy) is 1. The number of carbonyl (C=O) groups is 1. The van der Waals surface area contributed by atoms with Gasteiger partial charge in [-0.3, -0.25) is 4.79 Å². The number of alkyl halides is 3. The van der Waals surface area contributed by atoms with E-state index in [0.29, 0.717) is 12.1 Å². The van der Waals surface area contributed by atoms with Crippen molar-refractivity contribution in [1.82, 2.24) is 0 Å². The summed E-state index contributed by atoms with van der Waals surface area (Å²) < 4.78 is 40.4. The number of nitrogens with one attached hydrogen (secondary N) is 1. The first-order valence-electron chi connectivity index (χ1n) is 6.36. The molecule has 0 bridgehead atoms. The van der Waals surface area contributed by atoms with Gasteiger partial charge in [-0.1, -0.05) is 0 Å². The Labute approximate surface area is 128 Å². The van der Waals surface area contributed by atoms with Crippen molar-refractivity contribution in [2.45, 2.75) is 31.7 Å². The molecule has 1 aromatic carbocycles. The minimum absolute atomic E-state index is 0.0371. The standard InChI is InChI=1S/C13H14BrF3N2O2/c14-10-6-9(3-4-11(10)21-13(15,16)17)19-12(20)7-1-2-8(18)5-7/h3-4,6-8H,1-2,5,18H2,(H,19,20). The van der Waals surface area contributed by atoms with E-state index in [4.69, 9.17) is 5.73 Å². The van der Waals surface area contributed by atoms with Crippen LogP contribution in [0, 0.1) is 5.92 Å². The van der Waals surface area contributed by atoms with Crippen LogP contribution in [0.1, 0.15) is 19.3 Å². The quantitative estimate of drug-likeness (QED) is 0.861. The molecule has 1 aliphatic carbocycles. The van der Waals surface area contributed by atoms with Gasteiger partial charge in [0.2, 0.25) is 5.91 Å². The highest BCUT2D eigenvalue weighted by Gasteiger charge is 2.32. The highest BCUT2D eigenvalue weighted by Crippen LogP contribution is 2.33. The van der Waals surface area contributed by atoms with Gasteiger partial charge in [0.05, 0.1) is 4.47 Å². The lowest BCUT2D eigenvalue weighted by atomic mass is 10.1. The van der Waals surface area contributed by atoms with Gasteiger partial charge in [-0.25, -0.2) is 0 Å². The van der Waals surface area contributed by atoms with E-state index < -0.39 is 6.36 Å². The number of halogens is 4. The molecule has 116 valence electrons. The maximum atomic E-state index is 12.1. The molecule has 1 aliphatic rings. The molecule has 0 aromatic heterocycles. The summed E-state index contributed by atoms with van der Waals surface area (Å²) in [5.41, 5.74) is 6.15. The van der Waals surface area contributed by atoms with Crippen LogP contribution in [0.2, 0.25) is 0 Å². The Morgan fingerprint density at radius 3 is 2.62 bits per heavy atom. The Morgan fingerprint density at radius 2 is 2.10 bits per heavy atom. The molecular formula is C13H14BrF3N2O2. The fraction of sp³-hybridized carbons (Fsp3) is 0.462. The molecule has 0 heterocycles. The minimum Gasteiger partial charge on any atom is -0.405 e. The fourth-order valence-corrected chi connectivity index (χ4v) is 2.74. The van der Waals surface area contributed by atoms with Crippen LogP contribution in [0.3, 0.4) is 0 Å². The Morgan fingerprint density at radius 1 is 1.38 bits per heavy atom. The third kappa shape index (κ3) is 4.60. The van der Waals surface area contributed by atoms with Crippen molar-refractivity contribution < 1.29 is 22.7 Å². The highest BCUT2D eigenvalue weighted by atomic mass is 79.9. The third-order valence-electron chi connectivity index (χ3n) is 3.27. The lowest BCUT2D eigenvalue weighted by Crippen LogP contribution is -2.23. The van der Waals surface area contributed by atoms with Crippen LogP contribution >= 0.6 is 15.9 Å². The molecule has 2 atom stereocenters. The van der Waals surface area contributed by atoms with Crippen molar-refractivity contribution in [3.05, 3.63) is 22.7 Å². The topological polar surface area (TPSA) is 64.4 Å². The van der Waals surface area contributed by atoms with Gasteiger partial charge in [0.25, 0.3) is 0 Å². The normalized spacial score (nSPS) is 22.1. The van der Waals surface area contributed by atoms with Gasteiger partial charge in [0.1, 0.15) is 5.75 Å². The molecule has 4 nitrogen and oxygen atoms in total. The Balaban J connectivity index is 2.01. The molecule has 1 amide bonds. The molecule has 1 fully saturated rings. The monoisotopic (exact) mass is 366 g/mol. The second-order valence-electron chi connectivity index (χ2n) is 4.95. The van der Waals surface area contributed by atoms with Gasteiger partial charge >= 0.3 is 6.36 Å². The van der Waals surface area contributed by atoms with Crippen molar-refractivity contribution in [2.75, 3.05) is 5.32 Å². The first-order valence-corrected chi connectivity index (χ1v) is 7.15. The summed E-state index contributed by atoms with van der Waals surface area (Å²) in [5, 5.41) is 2.67. The summed E-state index contributed by atoms with van der Waals surface area (Å²) in [6, 6.07) is 3.91. The van der Waals surface area contributed by atoms with Crippen molar-refractivity contribution >= 4 is 27.5 Å². The summed E-state index contributed by atoms with van der Waals surface area (Å²) in [6.07, 6.45) is -2.60. The number of amides is 1. The second kappa shape index (κ2) is 6.23. The second-order valence-corrected chi connectivity index (χ2v) is 5.81. The summed E-state index contributed by atoms with van der Waals surface area (Å²) in [5.74, 6) is -0.674. The van der Waals surface area contributed by atoms with E-state index in [0.717, 1.165) is 18.9 Å². The molecule has 21 heavy (non-hydrogen) atoms. The lowest BCUT2D eigenvalue weighted by molar-refractivity contribution is -0.274. The number of rotatable bonds is 3. The van der Waals surface area contributed by atoms with Crippen LogP contribution in [0.25, 0.3) is 0 Å². The average molecular weight is 367 g/mol. The molecule has 3 N–H and O–H groups in total. The maximum Gasteiger partial charge on any atom is 0.573 e. The molecular weight excluding hydrogens is 353 g/mol. The zero-order valence-corrected chi connectivity index (χ0v) is 12.5. The number of nitrogens with two attached hydrogens (primary N) is 1. The van der Waals surface area contributed by atoms with Crippen molar-refractivity contribution in [1.29, 1.82) is 0 Å². The minimum atomic E-state index is -4.76. The van der Waals surface area contributed by atoms with Gasteiger partial charge in [-0.15, -0.1) is 13.2 Å². The Hall–Kier alpha value is -1.28. The van der Waals surface area contributed by atoms with Crippen molar-refractivity contribution in [3.63, 3.8) is 0 Å². The van der Waals surface area contributed by atoms with Gasteiger partial charge < -0.3 is 15.8 Å². The molecule has 8 heteroatoms. The van der Waals surface area contributed by atoms with E-state index in [1.54, 1.807) is 0 Å². The van der Waals surface area contributed by atoms with Gasteiger partial charge in [0, 0.05) is 17.6 Å². The first kappa shape index (κ1) is 16.1. The number of benzene rings is 1. The molecule has 0 saturated heterocycles. The fourth-order valence-electron chi connectivity index (χ4n) is 2.28. The van der Waals surface area contributed by atoms with Crippen LogP contribution in [0.4, 0.5) is 18.9 Å². The number of hydrogen-bond donors (Lipinski definition) is 2. The summed E-state index contributed by atoms with van der Waals surface area (Å²) in [7, 11) is 0. The van der Waals surface area contributed by atoms with E-state index in [1.165, 1.54) is 12.1 Å². The smallest absolute Gasteiger partial charge is 0.405 e. The zero-order valence-electron chi connectivity index (χ0n) is 10.9. The summed E-state index contributed by atoms with van der Waals surface area (Å²) in [4.78, 5) is 12.0. The summed E-state index contributed by atoms with van der Waals surface area (Å²) >= 11 is 2.99. The maximum absolute atomic E-state index is 12.1. The molecule has 0 aliphatic heterocycles. The number of anilines is 1. The zero-order chi connectivity index (χ0) is 15.6. The van der Waals surface area contributed by atoms with Gasteiger partial charge in [-0.2, -0.15) is 0 Å². The van der Waals surface area contributed by atoms with E-state index >= 15 is 0 Å². The van der Waals surface area contributed by atoms with Gasteiger partial charge in [0.15, 0.2) is 0 Å². The van der Waals surface area contributed by atoms with Crippen molar-refractivity contribution in [2.24, 2.45) is 11.7 Å². The number of carbonyl (C=O) groups excluding carboxylic acids is 1. The molecule has 0 spiro atoms. The van der Waals surface area contributed by atoms with Crippen LogP contribution < -0.4 is 15.8 Å². The van der Waals surface area contributed by atoms with E-state index in [-0.39, 0.29) is 28.1 Å². The Kier molecular flexibility index (Phi) is 4.77. The summed E-state index contributed by atoms with van der Waals surface area (Å²) in [6.45, 7) is 0. The van der Waals surface area contributed by atoms with Crippen LogP contribution in [0.5, 0.6) is 5.75 Å². The Bertz CT molecular complexity index is 537. The molecule has 1 aromatic rings. The largest absolute Gasteiger partial charge is 0.573 e. The van der Waals surface area contributed by atoms with Crippen molar-refractivity contribution in [3.8, 4) is 5.75 Å². The van der Waals surface area contributed by atoms with Crippen LogP contribution in [0.15, 0.2) is 22.7 Å². The lowest BCUT2D eigenvalue weighted by Gasteiger charge is -2.13. The average Bonchev–Trinajstić information content (AvgIpc) is 2.78. The van der Waals surface area contributed by atoms with Crippen LogP contribution in [-0.4, -0.2) is 18.3 Å². The predicted octanol–water partition coefficient (Wildman–Crippen LogP) is 3.41. The van der Waals surface area contributed by atoms with E-state index in [9.17, 15) is 18.0 Å². The first-order chi connectivity index (χ1) is 9.74. The number of hydrogen-bond acceptors (Lipinski definition) is 3. The highest BCUT2D eigenvalue weighted by molar-refractivity contribution is 9.10. The van der Waals surface area contributed by atoms with E-state index in [1.807, 2.05) is 0 Å². The molecule has 0 radical (unpaired) electrons.